The van der Waals surface area contributed by atoms with Crippen LogP contribution in [0, 0.1) is 0 Å². The minimum atomic E-state index is 0. The summed E-state index contributed by atoms with van der Waals surface area (Å²) < 4.78 is 2.50. The first kappa shape index (κ1) is 22.1. The van der Waals surface area contributed by atoms with E-state index in [2.05, 4.69) is 69.1 Å². The number of nitrogens with one attached hydrogen (secondary N) is 1. The van der Waals surface area contributed by atoms with Crippen LogP contribution < -0.4 is 5.32 Å². The predicted octanol–water partition coefficient (Wildman–Crippen LogP) is 3.49. The van der Waals surface area contributed by atoms with Crippen LogP contribution in [0.3, 0.4) is 0 Å². The second-order valence-electron chi connectivity index (χ2n) is 7.21. The van der Waals surface area contributed by atoms with E-state index in [4.69, 9.17) is 0 Å². The van der Waals surface area contributed by atoms with Crippen molar-refractivity contribution in [3.8, 4) is 0 Å². The van der Waals surface area contributed by atoms with E-state index in [-0.39, 0.29) is 28.7 Å². The number of aromatic nitrogens is 2. The Kier molecular flexibility index (Phi) is 8.47. The van der Waals surface area contributed by atoms with Gasteiger partial charge in [-0.1, -0.05) is 30.3 Å². The second-order valence-corrected chi connectivity index (χ2v) is 9.01. The maximum absolute atomic E-state index is 4.54. The van der Waals surface area contributed by atoms with Gasteiger partial charge in [-0.25, -0.2) is 4.98 Å². The van der Waals surface area contributed by atoms with Crippen molar-refractivity contribution in [2.24, 2.45) is 4.99 Å². The molecule has 0 spiro atoms. The average molecular weight is 499 g/mol. The molecule has 0 saturated carbocycles. The van der Waals surface area contributed by atoms with Crippen LogP contribution in [-0.2, 0) is 13.0 Å². The van der Waals surface area contributed by atoms with Crippen LogP contribution in [0.15, 0.2) is 47.7 Å². The van der Waals surface area contributed by atoms with E-state index in [1.165, 1.54) is 5.56 Å². The van der Waals surface area contributed by atoms with E-state index in [1.807, 2.05) is 31.1 Å². The quantitative estimate of drug-likeness (QED) is 0.389. The molecule has 7 heteroatoms. The summed E-state index contributed by atoms with van der Waals surface area (Å²) in [5.74, 6) is 3.25. The molecular formula is C20H30IN5S. The summed E-state index contributed by atoms with van der Waals surface area (Å²) in [4.78, 5) is 11.4. The summed E-state index contributed by atoms with van der Waals surface area (Å²) in [7, 11) is 1.87. The maximum atomic E-state index is 4.54. The third kappa shape index (κ3) is 6.41. The number of halogens is 1. The van der Waals surface area contributed by atoms with Crippen molar-refractivity contribution in [3.05, 3.63) is 54.1 Å². The summed E-state index contributed by atoms with van der Waals surface area (Å²) in [6.45, 7) is 8.39. The van der Waals surface area contributed by atoms with Crippen LogP contribution in [0.2, 0.25) is 0 Å². The Labute approximate surface area is 184 Å². The predicted molar refractivity (Wildman–Crippen MR) is 126 cm³/mol. The van der Waals surface area contributed by atoms with Gasteiger partial charge in [0.2, 0.25) is 0 Å². The fraction of sp³-hybridized carbons (Fsp3) is 0.500. The molecule has 3 rings (SSSR count). The number of guanidine groups is 1. The third-order valence-corrected chi connectivity index (χ3v) is 5.86. The van der Waals surface area contributed by atoms with Crippen molar-refractivity contribution < 1.29 is 0 Å². The highest BCUT2D eigenvalue weighted by molar-refractivity contribution is 14.0. The largest absolute Gasteiger partial charge is 0.356 e. The average Bonchev–Trinajstić information content (AvgIpc) is 3.06. The van der Waals surface area contributed by atoms with Gasteiger partial charge in [-0.2, -0.15) is 11.8 Å². The molecule has 1 N–H and O–H groups in total. The van der Waals surface area contributed by atoms with Crippen LogP contribution in [0.4, 0.5) is 0 Å². The van der Waals surface area contributed by atoms with Crippen LogP contribution in [-0.4, -0.2) is 57.6 Å². The summed E-state index contributed by atoms with van der Waals surface area (Å²) in [5.41, 5.74) is 1.29. The number of hydrogen-bond donors (Lipinski definition) is 1. The van der Waals surface area contributed by atoms with Gasteiger partial charge in [0, 0.05) is 62.5 Å². The van der Waals surface area contributed by atoms with Crippen molar-refractivity contribution in [2.75, 3.05) is 32.4 Å². The van der Waals surface area contributed by atoms with Gasteiger partial charge < -0.3 is 14.8 Å². The number of rotatable bonds is 5. The number of nitrogens with zero attached hydrogens (tertiary/aromatic N) is 4. The molecule has 0 unspecified atom stereocenters. The van der Waals surface area contributed by atoms with Gasteiger partial charge in [-0.3, -0.25) is 4.99 Å². The number of thioether (sulfide) groups is 1. The Morgan fingerprint density at radius 1 is 1.30 bits per heavy atom. The van der Waals surface area contributed by atoms with Crippen molar-refractivity contribution in [1.29, 1.82) is 0 Å². The van der Waals surface area contributed by atoms with Crippen molar-refractivity contribution in [1.82, 2.24) is 19.8 Å². The number of aliphatic imine (C=N–C) groups is 1. The first-order valence-electron chi connectivity index (χ1n) is 9.21. The van der Waals surface area contributed by atoms with E-state index in [9.17, 15) is 0 Å². The van der Waals surface area contributed by atoms with E-state index < -0.39 is 0 Å². The highest BCUT2D eigenvalue weighted by atomic mass is 127. The van der Waals surface area contributed by atoms with Crippen molar-refractivity contribution >= 4 is 41.7 Å². The molecule has 0 amide bonds. The molecule has 1 aromatic carbocycles. The zero-order valence-corrected chi connectivity index (χ0v) is 19.5. The lowest BCUT2D eigenvalue weighted by molar-refractivity contribution is 0.376. The summed E-state index contributed by atoms with van der Waals surface area (Å²) in [6.07, 6.45) is 4.82. The fourth-order valence-corrected chi connectivity index (χ4v) is 4.42. The number of benzene rings is 1. The molecule has 0 radical (unpaired) electrons. The smallest absolute Gasteiger partial charge is 0.193 e. The second kappa shape index (κ2) is 10.4. The Hall–Kier alpha value is -1.22. The number of imidazole rings is 1. The molecule has 1 aromatic heterocycles. The highest BCUT2D eigenvalue weighted by Gasteiger charge is 2.28. The number of hydrogen-bond acceptors (Lipinski definition) is 3. The molecule has 1 aliphatic heterocycles. The lowest BCUT2D eigenvalue weighted by atomic mass is 10.2. The summed E-state index contributed by atoms with van der Waals surface area (Å²) in [6, 6.07) is 10.5. The standard InChI is InChI=1S/C20H29N5S.HI/c1-20(2)16-25(13-14-26-20)19(21-3)23-10-9-18-22-11-12-24(18)15-17-7-5-4-6-8-17;/h4-8,11-12H,9-10,13-16H2,1-3H3,(H,21,23);1H. The molecule has 5 nitrogen and oxygen atoms in total. The van der Waals surface area contributed by atoms with Crippen LogP contribution in [0.5, 0.6) is 0 Å². The SMILES string of the molecule is CN=C(NCCc1nccn1Cc1ccccc1)N1CCSC(C)(C)C1.I. The zero-order chi connectivity index (χ0) is 18.4. The Morgan fingerprint density at radius 3 is 2.78 bits per heavy atom. The molecule has 2 heterocycles. The molecule has 148 valence electrons. The van der Waals surface area contributed by atoms with Gasteiger partial charge >= 0.3 is 0 Å². The summed E-state index contributed by atoms with van der Waals surface area (Å²) >= 11 is 2.04. The van der Waals surface area contributed by atoms with E-state index in [0.29, 0.717) is 0 Å². The highest BCUT2D eigenvalue weighted by Crippen LogP contribution is 2.29. The molecule has 0 bridgehead atoms. The van der Waals surface area contributed by atoms with Gasteiger partial charge in [0.15, 0.2) is 5.96 Å². The molecule has 2 aromatic rings. The monoisotopic (exact) mass is 499 g/mol. The Balaban J connectivity index is 0.00000261. The van der Waals surface area contributed by atoms with E-state index in [1.54, 1.807) is 0 Å². The Morgan fingerprint density at radius 2 is 2.07 bits per heavy atom. The minimum absolute atomic E-state index is 0. The summed E-state index contributed by atoms with van der Waals surface area (Å²) in [5, 5.41) is 3.52. The maximum Gasteiger partial charge on any atom is 0.193 e. The molecular weight excluding hydrogens is 469 g/mol. The van der Waals surface area contributed by atoms with Crippen molar-refractivity contribution in [3.63, 3.8) is 0 Å². The minimum Gasteiger partial charge on any atom is -0.356 e. The lowest BCUT2D eigenvalue weighted by Crippen LogP contribution is -2.51. The van der Waals surface area contributed by atoms with Crippen molar-refractivity contribution in [2.45, 2.75) is 31.6 Å². The normalized spacial score (nSPS) is 16.7. The van der Waals surface area contributed by atoms with Crippen LogP contribution in [0.25, 0.3) is 0 Å². The first-order valence-corrected chi connectivity index (χ1v) is 10.2. The first-order chi connectivity index (χ1) is 12.6. The van der Waals surface area contributed by atoms with Gasteiger partial charge in [-0.05, 0) is 19.4 Å². The molecule has 0 atom stereocenters. The lowest BCUT2D eigenvalue weighted by Gasteiger charge is -2.39. The van der Waals surface area contributed by atoms with Gasteiger partial charge in [0.1, 0.15) is 5.82 Å². The topological polar surface area (TPSA) is 45.5 Å². The van der Waals surface area contributed by atoms with Gasteiger partial charge in [-0.15, -0.1) is 24.0 Å². The van der Waals surface area contributed by atoms with Crippen LogP contribution >= 0.6 is 35.7 Å². The molecule has 1 fully saturated rings. The molecule has 0 aliphatic carbocycles. The molecule has 1 saturated heterocycles. The van der Waals surface area contributed by atoms with E-state index in [0.717, 1.165) is 50.1 Å². The fourth-order valence-electron chi connectivity index (χ4n) is 3.31. The Bertz CT molecular complexity index is 729. The van der Waals surface area contributed by atoms with Gasteiger partial charge in [0.05, 0.1) is 0 Å². The van der Waals surface area contributed by atoms with Gasteiger partial charge in [0.25, 0.3) is 0 Å². The third-order valence-electron chi connectivity index (χ3n) is 4.57. The van der Waals surface area contributed by atoms with Crippen LogP contribution in [0.1, 0.15) is 25.2 Å². The molecule has 27 heavy (non-hydrogen) atoms. The van der Waals surface area contributed by atoms with E-state index >= 15 is 0 Å². The zero-order valence-electron chi connectivity index (χ0n) is 16.4. The molecule has 1 aliphatic rings.